The number of carboxylic acids is 1. The normalized spacial score (nSPS) is 12.4. The Morgan fingerprint density at radius 1 is 0.904 bits per heavy atom. The van der Waals surface area contributed by atoms with Crippen molar-refractivity contribution in [1.29, 1.82) is 0 Å². The fraction of sp³-hybridized carbons (Fsp3) is 0.263. The molecule has 5 rings (SSSR count). The summed E-state index contributed by atoms with van der Waals surface area (Å²) in [5, 5.41) is 23.4. The number of hydrogen-bond acceptors (Lipinski definition) is 9. The molecular formula is C38H38Cl2N3O9+. The van der Waals surface area contributed by atoms with Crippen LogP contribution in [0.5, 0.6) is 17.2 Å². The molecule has 2 aromatic heterocycles. The molecule has 0 fully saturated rings. The van der Waals surface area contributed by atoms with Gasteiger partial charge >= 0.3 is 12.1 Å². The molecule has 0 spiro atoms. The van der Waals surface area contributed by atoms with Gasteiger partial charge in [0.25, 0.3) is 0 Å². The molecule has 3 aromatic carbocycles. The second kappa shape index (κ2) is 16.3. The number of alkyl carbamates (subject to hydrolysis) is 1. The molecule has 0 unspecified atom stereocenters. The molecule has 52 heavy (non-hydrogen) atoms. The number of hydrogen-bond donors (Lipinski definition) is 3. The van der Waals surface area contributed by atoms with Crippen LogP contribution in [0.1, 0.15) is 77.1 Å². The van der Waals surface area contributed by atoms with Gasteiger partial charge in [0.2, 0.25) is 18.3 Å². The number of pyridine rings is 1. The van der Waals surface area contributed by atoms with Gasteiger partial charge in [0.1, 0.15) is 27.2 Å². The second-order valence-electron chi connectivity index (χ2n) is 12.7. The van der Waals surface area contributed by atoms with Gasteiger partial charge in [-0.2, -0.15) is 0 Å². The first-order valence-electron chi connectivity index (χ1n) is 16.1. The van der Waals surface area contributed by atoms with Crippen LogP contribution in [-0.4, -0.2) is 47.2 Å². The Balaban J connectivity index is 1.48. The van der Waals surface area contributed by atoms with Gasteiger partial charge in [-0.1, -0.05) is 71.7 Å². The van der Waals surface area contributed by atoms with Crippen LogP contribution in [0.25, 0.3) is 0 Å². The van der Waals surface area contributed by atoms with Crippen molar-refractivity contribution in [3.8, 4) is 17.2 Å². The monoisotopic (exact) mass is 750 g/mol. The number of nitrogens with zero attached hydrogens (tertiary/aromatic N) is 2. The third kappa shape index (κ3) is 9.25. The molecule has 0 bridgehead atoms. The van der Waals surface area contributed by atoms with Gasteiger partial charge in [0, 0.05) is 16.2 Å². The minimum Gasteiger partial charge on any atom is -0.493 e. The van der Waals surface area contributed by atoms with Crippen LogP contribution < -0.4 is 24.3 Å². The molecule has 3 N–H and O–H groups in total. The molecule has 0 saturated heterocycles. The highest BCUT2D eigenvalue weighted by molar-refractivity contribution is 6.35. The van der Waals surface area contributed by atoms with E-state index in [0.717, 1.165) is 10.3 Å². The number of carboxylic acid groups (broad SMARTS) is 1. The molecule has 5 aromatic rings. The molecule has 12 nitrogen and oxygen atoms in total. The van der Waals surface area contributed by atoms with Crippen LogP contribution in [0.3, 0.4) is 0 Å². The molecule has 0 saturated carbocycles. The van der Waals surface area contributed by atoms with E-state index in [-0.39, 0.29) is 40.4 Å². The lowest BCUT2D eigenvalue weighted by molar-refractivity contribution is -0.904. The van der Waals surface area contributed by atoms with Gasteiger partial charge in [-0.3, -0.25) is 5.21 Å². The van der Waals surface area contributed by atoms with Crippen LogP contribution >= 0.6 is 23.2 Å². The fourth-order valence-electron chi connectivity index (χ4n) is 5.56. The number of carbonyl (C=O) groups excluding carboxylic acids is 1. The summed E-state index contributed by atoms with van der Waals surface area (Å²) in [5.41, 5.74) is 1.53. The van der Waals surface area contributed by atoms with E-state index in [4.69, 9.17) is 46.6 Å². The fourth-order valence-corrected chi connectivity index (χ4v) is 6.16. The number of benzene rings is 3. The summed E-state index contributed by atoms with van der Waals surface area (Å²) in [5.74, 6) is -0.819. The Labute approximate surface area is 310 Å². The largest absolute Gasteiger partial charge is 0.493 e. The summed E-state index contributed by atoms with van der Waals surface area (Å²) in [6, 6.07) is 21.1. The van der Waals surface area contributed by atoms with Crippen molar-refractivity contribution in [2.45, 2.75) is 51.4 Å². The zero-order chi connectivity index (χ0) is 37.6. The minimum absolute atomic E-state index is 0.00627. The van der Waals surface area contributed by atoms with Crippen LogP contribution in [0, 0.1) is 0 Å². The average Bonchev–Trinajstić information content (AvgIpc) is 3.53. The molecular weight excluding hydrogens is 713 g/mol. The summed E-state index contributed by atoms with van der Waals surface area (Å²) < 4.78 is 29.4. The van der Waals surface area contributed by atoms with Crippen LogP contribution in [0.4, 0.5) is 4.79 Å². The Bertz CT molecular complexity index is 2020. The summed E-state index contributed by atoms with van der Waals surface area (Å²) >= 11 is 13.0. The standard InChI is InChI=1S/C38H37Cl2N3O9/c1-38(2,3)52-37(46)42-33(22-10-7-6-8-11-22)24-12-9-13-25(16-24)50-21-32-41-34(36(44)45)35(51-32)26(18-27-28(39)19-43(47)20-29(27)40)23-14-15-30(48-4)31(17-23)49-5/h6-17,19-20,26,33H,18,21H2,1-5H3,(H2-,42,44,45,46,47)/p+1/t26-,33-/m0/s1. The second-order valence-corrected chi connectivity index (χ2v) is 13.5. The maximum absolute atomic E-state index is 12.8. The number of nitrogens with one attached hydrogen (secondary N) is 1. The number of methoxy groups -OCH3 is 2. The molecule has 0 aliphatic heterocycles. The van der Waals surface area contributed by atoms with Crippen molar-refractivity contribution < 1.29 is 48.0 Å². The van der Waals surface area contributed by atoms with Crippen molar-refractivity contribution >= 4 is 35.3 Å². The predicted molar refractivity (Wildman–Crippen MR) is 191 cm³/mol. The number of aromatic carboxylic acids is 1. The molecule has 2 heterocycles. The smallest absolute Gasteiger partial charge is 0.408 e. The van der Waals surface area contributed by atoms with Crippen LogP contribution in [0.15, 0.2) is 89.6 Å². The SMILES string of the molecule is COc1ccc([C@H](Cc2c(Cl)c[n+](O)cc2Cl)c2oc(COc3cccc([C@@H](NC(=O)OC(C)(C)C)c4ccccc4)c3)nc2C(=O)O)cc1OC. The van der Waals surface area contributed by atoms with E-state index in [1.165, 1.54) is 26.6 Å². The van der Waals surface area contributed by atoms with Crippen molar-refractivity contribution in [3.63, 3.8) is 0 Å². The van der Waals surface area contributed by atoms with E-state index < -0.39 is 29.6 Å². The first-order valence-corrected chi connectivity index (χ1v) is 16.8. The third-order valence-electron chi connectivity index (χ3n) is 7.85. The van der Waals surface area contributed by atoms with Gasteiger partial charge in [-0.25, -0.2) is 14.6 Å². The maximum atomic E-state index is 12.8. The number of rotatable bonds is 13. The van der Waals surface area contributed by atoms with Crippen LogP contribution in [0.2, 0.25) is 10.0 Å². The summed E-state index contributed by atoms with van der Waals surface area (Å²) in [6.07, 6.45) is 2.02. The Morgan fingerprint density at radius 2 is 1.58 bits per heavy atom. The topological polar surface area (TPSA) is 153 Å². The molecule has 0 aliphatic carbocycles. The lowest BCUT2D eigenvalue weighted by Gasteiger charge is -2.24. The van der Waals surface area contributed by atoms with Crippen molar-refractivity contribution in [2.75, 3.05) is 14.2 Å². The van der Waals surface area contributed by atoms with Gasteiger partial charge in [-0.05, 0) is 68.1 Å². The molecule has 272 valence electrons. The lowest BCUT2D eigenvalue weighted by Crippen LogP contribution is -2.35. The molecule has 0 aliphatic rings. The summed E-state index contributed by atoms with van der Waals surface area (Å²) in [7, 11) is 2.99. The zero-order valence-electron chi connectivity index (χ0n) is 29.1. The number of oxazole rings is 1. The predicted octanol–water partition coefficient (Wildman–Crippen LogP) is 7.79. The van der Waals surface area contributed by atoms with E-state index >= 15 is 0 Å². The van der Waals surface area contributed by atoms with E-state index in [1.807, 2.05) is 36.4 Å². The highest BCUT2D eigenvalue weighted by Crippen LogP contribution is 2.39. The minimum atomic E-state index is -1.32. The molecule has 0 radical (unpaired) electrons. The average molecular weight is 752 g/mol. The Kier molecular flexibility index (Phi) is 11.8. The van der Waals surface area contributed by atoms with E-state index in [0.29, 0.717) is 33.9 Å². The number of carbonyl (C=O) groups is 2. The third-order valence-corrected chi connectivity index (χ3v) is 8.50. The van der Waals surface area contributed by atoms with Gasteiger partial charge in [0.05, 0.1) is 20.3 Å². The van der Waals surface area contributed by atoms with E-state index in [2.05, 4.69) is 10.3 Å². The highest BCUT2D eigenvalue weighted by Gasteiger charge is 2.31. The molecule has 14 heteroatoms. The number of aromatic nitrogens is 2. The first kappa shape index (κ1) is 37.8. The summed E-state index contributed by atoms with van der Waals surface area (Å²) in [4.78, 5) is 29.7. The Morgan fingerprint density at radius 3 is 2.21 bits per heavy atom. The first-order chi connectivity index (χ1) is 24.8. The summed E-state index contributed by atoms with van der Waals surface area (Å²) in [6.45, 7) is 5.13. The maximum Gasteiger partial charge on any atom is 0.408 e. The number of halogens is 2. The lowest BCUT2D eigenvalue weighted by atomic mass is 9.88. The van der Waals surface area contributed by atoms with Crippen molar-refractivity contribution in [2.24, 2.45) is 0 Å². The quantitative estimate of drug-likeness (QED) is 0.0803. The van der Waals surface area contributed by atoms with E-state index in [9.17, 15) is 19.9 Å². The van der Waals surface area contributed by atoms with Gasteiger partial charge < -0.3 is 33.8 Å². The van der Waals surface area contributed by atoms with Crippen LogP contribution in [-0.2, 0) is 17.8 Å². The molecule has 1 amide bonds. The van der Waals surface area contributed by atoms with Crippen molar-refractivity contribution in [1.82, 2.24) is 10.3 Å². The van der Waals surface area contributed by atoms with Gasteiger partial charge in [0.15, 0.2) is 23.8 Å². The highest BCUT2D eigenvalue weighted by atomic mass is 35.5. The van der Waals surface area contributed by atoms with E-state index in [1.54, 1.807) is 57.2 Å². The van der Waals surface area contributed by atoms with Crippen molar-refractivity contribution in [3.05, 3.63) is 135 Å². The number of ether oxygens (including phenoxy) is 4. The zero-order valence-corrected chi connectivity index (χ0v) is 30.6. The van der Waals surface area contributed by atoms with Gasteiger partial charge in [-0.15, -0.1) is 0 Å². The molecule has 2 atom stereocenters. The number of amides is 1. The Hall–Kier alpha value is -5.46.